The van der Waals surface area contributed by atoms with Crippen molar-refractivity contribution in [2.24, 2.45) is 0 Å². The highest BCUT2D eigenvalue weighted by molar-refractivity contribution is 6.05. The smallest absolute Gasteiger partial charge is 0.407 e. The topological polar surface area (TPSA) is 123 Å². The average molecular weight is 506 g/mol. The van der Waals surface area contributed by atoms with Gasteiger partial charge in [0.1, 0.15) is 18.0 Å². The highest BCUT2D eigenvalue weighted by Gasteiger charge is 2.41. The standard InChI is InChI=1S/C26H24FN5O5/c27-23-15(5-6-16-13-31(25(35)22(16)23)20-7-8-21(33)30-24(20)34)11-28-26(36)37-18-9-17(10-18)32-19-4-2-1-3-14(19)12-29-32/h1-6,12,17-18,20H,7-11,13H2,(H,28,36)(H,30,33,34). The van der Waals surface area contributed by atoms with E-state index >= 15 is 4.39 Å². The number of para-hydroxylation sites is 1. The third-order valence-corrected chi connectivity index (χ3v) is 7.33. The first-order valence-corrected chi connectivity index (χ1v) is 12.2. The number of carbonyl (C=O) groups is 4. The molecule has 37 heavy (non-hydrogen) atoms. The van der Waals surface area contributed by atoms with Gasteiger partial charge < -0.3 is 15.0 Å². The minimum Gasteiger partial charge on any atom is -0.446 e. The summed E-state index contributed by atoms with van der Waals surface area (Å²) >= 11 is 0. The summed E-state index contributed by atoms with van der Waals surface area (Å²) in [6.07, 6.45) is 2.48. The number of halogens is 1. The van der Waals surface area contributed by atoms with E-state index in [4.69, 9.17) is 4.74 Å². The van der Waals surface area contributed by atoms with Crippen molar-refractivity contribution in [2.75, 3.05) is 0 Å². The number of alkyl carbamates (subject to hydrolysis) is 1. The Labute approximate surface area is 210 Å². The van der Waals surface area contributed by atoms with Crippen LogP contribution < -0.4 is 10.6 Å². The Morgan fingerprint density at radius 1 is 1.16 bits per heavy atom. The molecule has 10 nitrogen and oxygen atoms in total. The van der Waals surface area contributed by atoms with Crippen LogP contribution in [0.15, 0.2) is 42.6 Å². The molecule has 2 fully saturated rings. The molecule has 1 aromatic heterocycles. The van der Waals surface area contributed by atoms with Crippen molar-refractivity contribution in [3.8, 4) is 0 Å². The zero-order valence-corrected chi connectivity index (χ0v) is 19.8. The summed E-state index contributed by atoms with van der Waals surface area (Å²) in [5.74, 6) is -2.27. The largest absolute Gasteiger partial charge is 0.446 e. The molecule has 2 N–H and O–H groups in total. The number of piperidine rings is 1. The lowest BCUT2D eigenvalue weighted by atomic mass is 9.89. The monoisotopic (exact) mass is 505 g/mol. The number of amides is 4. The third kappa shape index (κ3) is 4.09. The first kappa shape index (κ1) is 23.1. The Kier molecular flexibility index (Phi) is 5.62. The molecule has 190 valence electrons. The third-order valence-electron chi connectivity index (χ3n) is 7.33. The van der Waals surface area contributed by atoms with Crippen molar-refractivity contribution in [3.63, 3.8) is 0 Å². The van der Waals surface area contributed by atoms with Gasteiger partial charge in [-0.1, -0.05) is 30.3 Å². The predicted molar refractivity (Wildman–Crippen MR) is 128 cm³/mol. The Hall–Kier alpha value is -4.28. The van der Waals surface area contributed by atoms with Crippen molar-refractivity contribution >= 4 is 34.7 Å². The van der Waals surface area contributed by atoms with Gasteiger partial charge in [0.25, 0.3) is 5.91 Å². The van der Waals surface area contributed by atoms with E-state index < -0.39 is 29.8 Å². The Balaban J connectivity index is 1.04. The van der Waals surface area contributed by atoms with Crippen LogP contribution in [0.4, 0.5) is 9.18 Å². The number of ether oxygens (including phenoxy) is 1. The number of nitrogens with zero attached hydrogens (tertiary/aromatic N) is 3. The SMILES string of the molecule is O=C1CCC(N2Cc3ccc(CNC(=O)OC4CC(n5ncc6ccccc65)C4)c(F)c3C2=O)C(=O)N1. The molecule has 4 amide bonds. The molecule has 6 rings (SSSR count). The minimum atomic E-state index is -0.820. The second kappa shape index (κ2) is 8.99. The van der Waals surface area contributed by atoms with Gasteiger partial charge in [-0.3, -0.25) is 24.4 Å². The molecule has 2 aromatic carbocycles. The number of hydrogen-bond donors (Lipinski definition) is 2. The number of carbonyl (C=O) groups excluding carboxylic acids is 4. The molecule has 0 bridgehead atoms. The Morgan fingerprint density at radius 3 is 2.78 bits per heavy atom. The molecule has 3 aromatic rings. The van der Waals surface area contributed by atoms with E-state index in [0.29, 0.717) is 18.4 Å². The van der Waals surface area contributed by atoms with Gasteiger partial charge in [-0.2, -0.15) is 5.10 Å². The van der Waals surface area contributed by atoms with Crippen LogP contribution in [-0.2, 0) is 27.4 Å². The van der Waals surface area contributed by atoms with Crippen LogP contribution in [0.1, 0.15) is 53.2 Å². The van der Waals surface area contributed by atoms with Crippen LogP contribution >= 0.6 is 0 Å². The average Bonchev–Trinajstić information content (AvgIpc) is 3.42. The normalized spacial score (nSPS) is 23.0. The summed E-state index contributed by atoms with van der Waals surface area (Å²) in [7, 11) is 0. The molecule has 3 heterocycles. The molecular weight excluding hydrogens is 481 g/mol. The summed E-state index contributed by atoms with van der Waals surface area (Å²) in [4.78, 5) is 50.2. The molecule has 1 aliphatic carbocycles. The van der Waals surface area contributed by atoms with Crippen LogP contribution in [0.25, 0.3) is 10.9 Å². The van der Waals surface area contributed by atoms with E-state index in [0.717, 1.165) is 10.9 Å². The van der Waals surface area contributed by atoms with Crippen molar-refractivity contribution in [1.29, 1.82) is 0 Å². The van der Waals surface area contributed by atoms with E-state index in [1.165, 1.54) is 11.0 Å². The Morgan fingerprint density at radius 2 is 1.97 bits per heavy atom. The second-order valence-electron chi connectivity index (χ2n) is 9.63. The highest BCUT2D eigenvalue weighted by atomic mass is 19.1. The van der Waals surface area contributed by atoms with E-state index in [2.05, 4.69) is 15.7 Å². The van der Waals surface area contributed by atoms with Crippen molar-refractivity contribution in [1.82, 2.24) is 25.3 Å². The van der Waals surface area contributed by atoms with Crippen LogP contribution in [0.5, 0.6) is 0 Å². The predicted octanol–water partition coefficient (Wildman–Crippen LogP) is 2.57. The number of aromatic nitrogens is 2. The van der Waals surface area contributed by atoms with E-state index in [9.17, 15) is 19.2 Å². The summed E-state index contributed by atoms with van der Waals surface area (Å²) in [6, 6.07) is 10.4. The molecule has 3 aliphatic rings. The van der Waals surface area contributed by atoms with E-state index in [-0.39, 0.29) is 55.1 Å². The fourth-order valence-electron chi connectivity index (χ4n) is 5.27. The minimum absolute atomic E-state index is 0.0848. The molecule has 2 aliphatic heterocycles. The maximum absolute atomic E-state index is 15.2. The van der Waals surface area contributed by atoms with Crippen molar-refractivity contribution < 1.29 is 28.3 Å². The lowest BCUT2D eigenvalue weighted by Crippen LogP contribution is -2.52. The van der Waals surface area contributed by atoms with E-state index in [1.807, 2.05) is 35.1 Å². The highest BCUT2D eigenvalue weighted by Crippen LogP contribution is 2.36. The number of nitrogens with one attached hydrogen (secondary N) is 2. The summed E-state index contributed by atoms with van der Waals surface area (Å²) in [6.45, 7) is -0.0644. The number of rotatable bonds is 5. The Bertz CT molecular complexity index is 1450. The molecule has 1 saturated heterocycles. The summed E-state index contributed by atoms with van der Waals surface area (Å²) < 4.78 is 22.7. The fourth-order valence-corrected chi connectivity index (χ4v) is 5.27. The van der Waals surface area contributed by atoms with Crippen molar-refractivity contribution in [2.45, 2.75) is 57.0 Å². The van der Waals surface area contributed by atoms with Gasteiger partial charge in [0, 0.05) is 43.3 Å². The molecule has 11 heteroatoms. The molecule has 0 radical (unpaired) electrons. The van der Waals surface area contributed by atoms with Gasteiger partial charge in [-0.25, -0.2) is 9.18 Å². The van der Waals surface area contributed by atoms with Gasteiger partial charge in [-0.05, 0) is 18.1 Å². The fraction of sp³-hybridized carbons (Fsp3) is 0.346. The number of benzene rings is 2. The molecule has 0 spiro atoms. The lowest BCUT2D eigenvalue weighted by Gasteiger charge is -2.35. The maximum atomic E-state index is 15.2. The van der Waals surface area contributed by atoms with Crippen LogP contribution in [0.2, 0.25) is 0 Å². The van der Waals surface area contributed by atoms with Crippen LogP contribution in [0, 0.1) is 5.82 Å². The van der Waals surface area contributed by atoms with E-state index in [1.54, 1.807) is 6.07 Å². The quantitative estimate of drug-likeness (QED) is 0.514. The summed E-state index contributed by atoms with van der Waals surface area (Å²) in [5.41, 5.74) is 1.53. The van der Waals surface area contributed by atoms with Gasteiger partial charge >= 0.3 is 6.09 Å². The molecular formula is C26H24FN5O5. The van der Waals surface area contributed by atoms with Gasteiger partial charge in [0.2, 0.25) is 11.8 Å². The zero-order valence-electron chi connectivity index (χ0n) is 19.8. The molecule has 1 atom stereocenters. The lowest BCUT2D eigenvalue weighted by molar-refractivity contribution is -0.136. The second-order valence-corrected chi connectivity index (χ2v) is 9.63. The number of hydrogen-bond acceptors (Lipinski definition) is 6. The zero-order chi connectivity index (χ0) is 25.7. The first-order valence-electron chi connectivity index (χ1n) is 12.2. The number of imide groups is 1. The van der Waals surface area contributed by atoms with Gasteiger partial charge in [0.05, 0.1) is 23.3 Å². The summed E-state index contributed by atoms with van der Waals surface area (Å²) in [5, 5.41) is 10.3. The molecule has 1 unspecified atom stereocenters. The van der Waals surface area contributed by atoms with Crippen LogP contribution in [0.3, 0.4) is 0 Å². The molecule has 1 saturated carbocycles. The number of fused-ring (bicyclic) bond motifs is 2. The van der Waals surface area contributed by atoms with Gasteiger partial charge in [0.15, 0.2) is 0 Å². The maximum Gasteiger partial charge on any atom is 0.407 e. The van der Waals surface area contributed by atoms with Gasteiger partial charge in [-0.15, -0.1) is 0 Å². The first-order chi connectivity index (χ1) is 17.9. The van der Waals surface area contributed by atoms with Crippen LogP contribution in [-0.4, -0.2) is 50.6 Å². The van der Waals surface area contributed by atoms with Crippen molar-refractivity contribution in [3.05, 3.63) is 65.1 Å².